The Bertz CT molecular complexity index is 683. The van der Waals surface area contributed by atoms with Gasteiger partial charge in [0.1, 0.15) is 12.4 Å². The van der Waals surface area contributed by atoms with Gasteiger partial charge in [0, 0.05) is 32.8 Å². The van der Waals surface area contributed by atoms with Crippen LogP contribution in [-0.2, 0) is 18.3 Å². The van der Waals surface area contributed by atoms with Crippen molar-refractivity contribution in [3.63, 3.8) is 0 Å². The van der Waals surface area contributed by atoms with Crippen molar-refractivity contribution in [2.45, 2.75) is 84.4 Å². The van der Waals surface area contributed by atoms with Gasteiger partial charge < -0.3 is 19.9 Å². The molecule has 2 aliphatic rings. The molecule has 31 heavy (non-hydrogen) atoms. The molecule has 2 atom stereocenters. The molecule has 1 aliphatic heterocycles. The van der Waals surface area contributed by atoms with Crippen LogP contribution in [0.25, 0.3) is 0 Å². The van der Waals surface area contributed by atoms with E-state index in [9.17, 15) is 0 Å². The van der Waals surface area contributed by atoms with E-state index in [1.54, 1.807) is 0 Å². The van der Waals surface area contributed by atoms with E-state index in [1.807, 2.05) is 18.5 Å². The van der Waals surface area contributed by atoms with Crippen LogP contribution in [0.4, 0.5) is 0 Å². The van der Waals surface area contributed by atoms with Crippen molar-refractivity contribution in [2.75, 3.05) is 32.8 Å². The summed E-state index contributed by atoms with van der Waals surface area (Å²) in [6.45, 7) is 11.7. The second kappa shape index (κ2) is 12.4. The predicted octanol–water partition coefficient (Wildman–Crippen LogP) is 2.63. The number of likely N-dealkylation sites (tertiary alicyclic amines) is 1. The second-order valence-corrected chi connectivity index (χ2v) is 8.95. The molecule has 8 nitrogen and oxygen atoms in total. The predicted molar refractivity (Wildman–Crippen MR) is 125 cm³/mol. The monoisotopic (exact) mass is 433 g/mol. The molecule has 3 rings (SSSR count). The lowest BCUT2D eigenvalue weighted by Gasteiger charge is -2.25. The summed E-state index contributed by atoms with van der Waals surface area (Å²) >= 11 is 0. The second-order valence-electron chi connectivity index (χ2n) is 8.95. The fraction of sp³-hybridized carbons (Fsp3) is 0.870. The molecule has 0 radical (unpaired) electrons. The number of guanidine groups is 1. The molecule has 1 aromatic rings. The largest absolute Gasteiger partial charge is 0.378 e. The van der Waals surface area contributed by atoms with Crippen LogP contribution in [-0.4, -0.2) is 70.6 Å². The number of likely N-dealkylation sites (N-methyl/N-ethyl adjacent to an activating group) is 1. The normalized spacial score (nSPS) is 21.7. The number of aliphatic imine (C=N–C) groups is 1. The van der Waals surface area contributed by atoms with Crippen molar-refractivity contribution in [1.82, 2.24) is 30.3 Å². The van der Waals surface area contributed by atoms with Gasteiger partial charge in [0.15, 0.2) is 11.8 Å². The van der Waals surface area contributed by atoms with E-state index in [4.69, 9.17) is 9.73 Å². The Hall–Kier alpha value is -1.67. The molecule has 2 fully saturated rings. The Morgan fingerprint density at radius 1 is 1.16 bits per heavy atom. The van der Waals surface area contributed by atoms with E-state index in [0.717, 1.165) is 50.3 Å². The molecular formula is C23H43N7O. The van der Waals surface area contributed by atoms with Crippen molar-refractivity contribution in [3.8, 4) is 0 Å². The first-order valence-electron chi connectivity index (χ1n) is 12.3. The number of hydrogen-bond acceptors (Lipinski definition) is 5. The average Bonchev–Trinajstić information content (AvgIpc) is 3.52. The van der Waals surface area contributed by atoms with Crippen LogP contribution in [0.5, 0.6) is 0 Å². The lowest BCUT2D eigenvalue weighted by Crippen LogP contribution is -2.45. The molecule has 1 saturated heterocycles. The Morgan fingerprint density at radius 2 is 1.97 bits per heavy atom. The minimum atomic E-state index is 0.355. The van der Waals surface area contributed by atoms with Crippen LogP contribution in [0, 0.1) is 12.8 Å². The van der Waals surface area contributed by atoms with Crippen LogP contribution >= 0.6 is 0 Å². The van der Waals surface area contributed by atoms with E-state index in [2.05, 4.69) is 39.6 Å². The van der Waals surface area contributed by atoms with E-state index in [-0.39, 0.29) is 0 Å². The zero-order valence-corrected chi connectivity index (χ0v) is 20.1. The maximum atomic E-state index is 6.10. The lowest BCUT2D eigenvalue weighted by atomic mass is 9.98. The minimum Gasteiger partial charge on any atom is -0.378 e. The zero-order chi connectivity index (χ0) is 22.1. The molecule has 0 aromatic carbocycles. The Labute approximate surface area is 188 Å². The first-order valence-corrected chi connectivity index (χ1v) is 12.3. The van der Waals surface area contributed by atoms with Gasteiger partial charge in [0.2, 0.25) is 0 Å². The topological polar surface area (TPSA) is 79.6 Å². The van der Waals surface area contributed by atoms with Crippen LogP contribution in [0.3, 0.4) is 0 Å². The van der Waals surface area contributed by atoms with Crippen LogP contribution in [0.15, 0.2) is 4.99 Å². The summed E-state index contributed by atoms with van der Waals surface area (Å²) in [7, 11) is 1.99. The molecule has 8 heteroatoms. The molecule has 0 amide bonds. The van der Waals surface area contributed by atoms with E-state index in [0.29, 0.717) is 24.6 Å². The summed E-state index contributed by atoms with van der Waals surface area (Å²) < 4.78 is 8.10. The molecule has 176 valence electrons. The summed E-state index contributed by atoms with van der Waals surface area (Å²) in [6.07, 6.45) is 9.24. The van der Waals surface area contributed by atoms with Gasteiger partial charge in [-0.3, -0.25) is 4.90 Å². The fourth-order valence-electron chi connectivity index (χ4n) is 5.00. The molecule has 1 saturated carbocycles. The first kappa shape index (κ1) is 24.0. The third-order valence-electron chi connectivity index (χ3n) is 7.00. The first-order chi connectivity index (χ1) is 15.1. The third-order valence-corrected chi connectivity index (χ3v) is 7.00. The highest BCUT2D eigenvalue weighted by atomic mass is 16.5. The molecule has 2 heterocycles. The fourth-order valence-corrected chi connectivity index (χ4v) is 5.00. The van der Waals surface area contributed by atoms with E-state index >= 15 is 0 Å². The van der Waals surface area contributed by atoms with E-state index < -0.39 is 0 Å². The standard InChI is InChI=1S/C23H43N7O/c1-5-30-15-9-12-20(30)16-25-23(26-17-22-28-27-18(3)29(22)4)24-14-13-21(31-6-2)19-10-7-8-11-19/h19-21H,5-17H2,1-4H3,(H2,24,25,26). The van der Waals surface area contributed by atoms with Gasteiger partial charge in [0.25, 0.3) is 0 Å². The van der Waals surface area contributed by atoms with Crippen molar-refractivity contribution in [2.24, 2.45) is 18.0 Å². The Morgan fingerprint density at radius 3 is 2.65 bits per heavy atom. The van der Waals surface area contributed by atoms with Crippen LogP contribution < -0.4 is 10.6 Å². The summed E-state index contributed by atoms with van der Waals surface area (Å²) in [5, 5.41) is 15.6. The number of hydrogen-bond donors (Lipinski definition) is 2. The van der Waals surface area contributed by atoms with E-state index in [1.165, 1.54) is 45.1 Å². The van der Waals surface area contributed by atoms with Crippen LogP contribution in [0.2, 0.25) is 0 Å². The summed E-state index contributed by atoms with van der Waals surface area (Å²) in [6, 6.07) is 0.587. The highest BCUT2D eigenvalue weighted by Gasteiger charge is 2.25. The van der Waals surface area contributed by atoms with Crippen molar-refractivity contribution in [3.05, 3.63) is 11.6 Å². The number of ether oxygens (including phenoxy) is 1. The molecule has 1 aromatic heterocycles. The van der Waals surface area contributed by atoms with Gasteiger partial charge in [0.05, 0.1) is 6.10 Å². The lowest BCUT2D eigenvalue weighted by molar-refractivity contribution is 0.0169. The maximum absolute atomic E-state index is 6.10. The quantitative estimate of drug-likeness (QED) is 0.413. The summed E-state index contributed by atoms with van der Waals surface area (Å²) in [5.74, 6) is 3.37. The number of nitrogens with one attached hydrogen (secondary N) is 2. The summed E-state index contributed by atoms with van der Waals surface area (Å²) in [4.78, 5) is 7.39. The minimum absolute atomic E-state index is 0.355. The number of aromatic nitrogens is 3. The molecule has 2 unspecified atom stereocenters. The molecule has 1 aliphatic carbocycles. The maximum Gasteiger partial charge on any atom is 0.191 e. The van der Waals surface area contributed by atoms with Gasteiger partial charge >= 0.3 is 0 Å². The van der Waals surface area contributed by atoms with Gasteiger partial charge in [-0.15, -0.1) is 10.2 Å². The number of nitrogens with zero attached hydrogens (tertiary/aromatic N) is 5. The Balaban J connectivity index is 1.57. The van der Waals surface area contributed by atoms with Gasteiger partial charge in [-0.25, -0.2) is 4.99 Å². The SMILES string of the molecule is CCOC(CCNC(=NCc1nnc(C)n1C)NCC1CCCN1CC)C1CCCC1. The van der Waals surface area contributed by atoms with Gasteiger partial charge in [-0.1, -0.05) is 19.8 Å². The van der Waals surface area contributed by atoms with Gasteiger partial charge in [-0.05, 0) is 65.0 Å². The molecular weight excluding hydrogens is 390 g/mol. The molecule has 0 spiro atoms. The van der Waals surface area contributed by atoms with Gasteiger partial charge in [-0.2, -0.15) is 0 Å². The van der Waals surface area contributed by atoms with Crippen molar-refractivity contribution in [1.29, 1.82) is 0 Å². The average molecular weight is 434 g/mol. The highest BCUT2D eigenvalue weighted by molar-refractivity contribution is 5.79. The zero-order valence-electron chi connectivity index (χ0n) is 20.1. The molecule has 0 bridgehead atoms. The molecule has 2 N–H and O–H groups in total. The smallest absolute Gasteiger partial charge is 0.191 e. The highest BCUT2D eigenvalue weighted by Crippen LogP contribution is 2.30. The van der Waals surface area contributed by atoms with Crippen LogP contribution in [0.1, 0.15) is 70.4 Å². The Kier molecular flexibility index (Phi) is 9.58. The van der Waals surface area contributed by atoms with Crippen molar-refractivity contribution < 1.29 is 4.74 Å². The number of aryl methyl sites for hydroxylation is 1. The van der Waals surface area contributed by atoms with Crippen molar-refractivity contribution >= 4 is 5.96 Å². The number of rotatable bonds is 11. The third kappa shape index (κ3) is 6.91. The summed E-state index contributed by atoms with van der Waals surface area (Å²) in [5.41, 5.74) is 0.